The zero-order chi connectivity index (χ0) is 10.8. The molecule has 0 saturated heterocycles. The number of carbonyl (C=O) groups is 1. The molecule has 0 radical (unpaired) electrons. The van der Waals surface area contributed by atoms with Gasteiger partial charge in [-0.15, -0.1) is 0 Å². The first-order valence-corrected chi connectivity index (χ1v) is 5.03. The van der Waals surface area contributed by atoms with Crippen LogP contribution in [0.3, 0.4) is 0 Å². The number of primary amides is 1. The predicted molar refractivity (Wildman–Crippen MR) is 57.0 cm³/mol. The van der Waals surface area contributed by atoms with Crippen molar-refractivity contribution in [3.05, 3.63) is 28.8 Å². The Morgan fingerprint density at radius 2 is 2.40 bits per heavy atom. The van der Waals surface area contributed by atoms with E-state index in [2.05, 4.69) is 5.32 Å². The van der Waals surface area contributed by atoms with Gasteiger partial charge in [0.25, 0.3) is 0 Å². The highest BCUT2D eigenvalue weighted by molar-refractivity contribution is 6.32. The molecule has 2 rings (SSSR count). The molecule has 1 aliphatic rings. The van der Waals surface area contributed by atoms with Crippen molar-refractivity contribution in [2.24, 2.45) is 5.73 Å². The number of hydrogen-bond acceptors (Lipinski definition) is 2. The van der Waals surface area contributed by atoms with Crippen LogP contribution in [-0.2, 0) is 0 Å². The van der Waals surface area contributed by atoms with E-state index < -0.39 is 6.03 Å². The van der Waals surface area contributed by atoms with Crippen LogP contribution in [0.5, 0.6) is 5.75 Å². The number of rotatable bonds is 1. The summed E-state index contributed by atoms with van der Waals surface area (Å²) in [6, 6.07) is 4.82. The first-order valence-electron chi connectivity index (χ1n) is 4.65. The summed E-state index contributed by atoms with van der Waals surface area (Å²) < 4.78 is 5.44. The Labute approximate surface area is 92.4 Å². The maximum absolute atomic E-state index is 10.8. The van der Waals surface area contributed by atoms with Crippen LogP contribution in [0.4, 0.5) is 4.79 Å². The predicted octanol–water partition coefficient (Wildman–Crippen LogP) is 1.83. The Balaban J connectivity index is 2.34. The fourth-order valence-corrected chi connectivity index (χ4v) is 1.94. The quantitative estimate of drug-likeness (QED) is 0.767. The lowest BCUT2D eigenvalue weighted by molar-refractivity contribution is 0.230. The van der Waals surface area contributed by atoms with Crippen LogP contribution in [0.2, 0.25) is 5.02 Å². The van der Waals surface area contributed by atoms with Crippen molar-refractivity contribution in [2.75, 3.05) is 6.61 Å². The van der Waals surface area contributed by atoms with Gasteiger partial charge in [-0.3, -0.25) is 0 Å². The van der Waals surface area contributed by atoms with Gasteiger partial charge in [0.15, 0.2) is 0 Å². The van der Waals surface area contributed by atoms with Gasteiger partial charge in [0, 0.05) is 12.0 Å². The van der Waals surface area contributed by atoms with E-state index in [-0.39, 0.29) is 6.04 Å². The summed E-state index contributed by atoms with van der Waals surface area (Å²) in [5.74, 6) is 0.643. The second kappa shape index (κ2) is 3.98. The van der Waals surface area contributed by atoms with Crippen molar-refractivity contribution in [1.82, 2.24) is 5.32 Å². The molecular formula is C10H11ClN2O2. The van der Waals surface area contributed by atoms with E-state index in [9.17, 15) is 4.79 Å². The number of carbonyl (C=O) groups excluding carboxylic acids is 1. The van der Waals surface area contributed by atoms with Crippen molar-refractivity contribution >= 4 is 17.6 Å². The highest BCUT2D eigenvalue weighted by Crippen LogP contribution is 2.37. The lowest BCUT2D eigenvalue weighted by atomic mass is 10.0. The molecule has 1 atom stereocenters. The van der Waals surface area contributed by atoms with Crippen molar-refractivity contribution < 1.29 is 9.53 Å². The van der Waals surface area contributed by atoms with Gasteiger partial charge in [0.05, 0.1) is 17.7 Å². The molecule has 0 unspecified atom stereocenters. The van der Waals surface area contributed by atoms with Crippen molar-refractivity contribution in [2.45, 2.75) is 12.5 Å². The van der Waals surface area contributed by atoms with Gasteiger partial charge >= 0.3 is 6.03 Å². The Hall–Kier alpha value is -1.42. The Morgan fingerprint density at radius 3 is 3.13 bits per heavy atom. The fraction of sp³-hybridized carbons (Fsp3) is 0.300. The van der Waals surface area contributed by atoms with Gasteiger partial charge in [0.1, 0.15) is 5.75 Å². The van der Waals surface area contributed by atoms with E-state index >= 15 is 0 Å². The van der Waals surface area contributed by atoms with Crippen LogP contribution in [0.15, 0.2) is 18.2 Å². The first-order chi connectivity index (χ1) is 7.18. The molecule has 1 aromatic rings. The molecule has 0 spiro atoms. The van der Waals surface area contributed by atoms with Gasteiger partial charge in [-0.2, -0.15) is 0 Å². The number of halogens is 1. The smallest absolute Gasteiger partial charge is 0.312 e. The Morgan fingerprint density at radius 1 is 1.60 bits per heavy atom. The van der Waals surface area contributed by atoms with E-state index in [1.807, 2.05) is 12.1 Å². The summed E-state index contributed by atoms with van der Waals surface area (Å²) in [6.07, 6.45) is 0.705. The molecule has 2 amide bonds. The zero-order valence-corrected chi connectivity index (χ0v) is 8.75. The number of ether oxygens (including phenoxy) is 1. The minimum atomic E-state index is -0.534. The first kappa shape index (κ1) is 10.1. The van der Waals surface area contributed by atoms with E-state index in [1.54, 1.807) is 6.07 Å². The molecule has 80 valence electrons. The minimum Gasteiger partial charge on any atom is -0.492 e. The summed E-state index contributed by atoms with van der Waals surface area (Å²) in [5, 5.41) is 3.22. The summed E-state index contributed by atoms with van der Waals surface area (Å²) in [6.45, 7) is 0.529. The van der Waals surface area contributed by atoms with Crippen molar-refractivity contribution in [3.8, 4) is 5.75 Å². The molecule has 3 N–H and O–H groups in total. The van der Waals surface area contributed by atoms with Crippen LogP contribution in [0.25, 0.3) is 0 Å². The summed E-state index contributed by atoms with van der Waals surface area (Å²) in [4.78, 5) is 10.8. The van der Waals surface area contributed by atoms with E-state index in [0.29, 0.717) is 23.8 Å². The zero-order valence-electron chi connectivity index (χ0n) is 8.00. The summed E-state index contributed by atoms with van der Waals surface area (Å²) >= 11 is 5.98. The van der Waals surface area contributed by atoms with Crippen LogP contribution in [0.1, 0.15) is 18.0 Å². The third kappa shape index (κ3) is 1.99. The van der Waals surface area contributed by atoms with Crippen LogP contribution in [-0.4, -0.2) is 12.6 Å². The van der Waals surface area contributed by atoms with Crippen LogP contribution in [0, 0.1) is 0 Å². The summed E-state index contributed by atoms with van der Waals surface area (Å²) in [5.41, 5.74) is 5.98. The van der Waals surface area contributed by atoms with Gasteiger partial charge in [-0.05, 0) is 6.07 Å². The third-order valence-electron chi connectivity index (χ3n) is 2.34. The van der Waals surface area contributed by atoms with Crippen LogP contribution >= 0.6 is 11.6 Å². The molecule has 5 heteroatoms. The SMILES string of the molecule is NC(=O)N[C@H]1CCOc2c(Cl)cccc21. The molecule has 15 heavy (non-hydrogen) atoms. The molecule has 0 saturated carbocycles. The molecule has 4 nitrogen and oxygen atoms in total. The normalized spacial score (nSPS) is 18.9. The van der Waals surface area contributed by atoms with Crippen molar-refractivity contribution in [3.63, 3.8) is 0 Å². The number of benzene rings is 1. The Bertz CT molecular complexity index is 395. The fourth-order valence-electron chi connectivity index (χ4n) is 1.71. The van der Waals surface area contributed by atoms with E-state index in [0.717, 1.165) is 5.56 Å². The van der Waals surface area contributed by atoms with Gasteiger partial charge in [0.2, 0.25) is 0 Å². The number of urea groups is 1. The van der Waals surface area contributed by atoms with Crippen LogP contribution < -0.4 is 15.8 Å². The minimum absolute atomic E-state index is 0.107. The standard InChI is InChI=1S/C10H11ClN2O2/c11-7-3-1-2-6-8(13-10(12)14)4-5-15-9(6)7/h1-3,8H,4-5H2,(H3,12,13,14)/t8-/m0/s1. The topological polar surface area (TPSA) is 64.4 Å². The Kier molecular flexibility index (Phi) is 2.68. The number of amides is 2. The number of para-hydroxylation sites is 1. The molecule has 1 heterocycles. The average molecular weight is 227 g/mol. The largest absolute Gasteiger partial charge is 0.492 e. The maximum Gasteiger partial charge on any atom is 0.312 e. The highest BCUT2D eigenvalue weighted by atomic mass is 35.5. The van der Waals surface area contributed by atoms with E-state index in [1.165, 1.54) is 0 Å². The van der Waals surface area contributed by atoms with Gasteiger partial charge in [-0.25, -0.2) is 4.79 Å². The van der Waals surface area contributed by atoms with Gasteiger partial charge in [-0.1, -0.05) is 23.7 Å². The van der Waals surface area contributed by atoms with Gasteiger partial charge < -0.3 is 15.8 Å². The monoisotopic (exact) mass is 226 g/mol. The maximum atomic E-state index is 10.8. The van der Waals surface area contributed by atoms with E-state index in [4.69, 9.17) is 22.1 Å². The number of hydrogen-bond donors (Lipinski definition) is 2. The highest BCUT2D eigenvalue weighted by Gasteiger charge is 2.23. The number of nitrogens with two attached hydrogens (primary N) is 1. The number of fused-ring (bicyclic) bond motifs is 1. The molecule has 0 aliphatic carbocycles. The second-order valence-electron chi connectivity index (χ2n) is 3.36. The number of nitrogens with one attached hydrogen (secondary N) is 1. The molecule has 0 aromatic heterocycles. The summed E-state index contributed by atoms with van der Waals surface area (Å²) in [7, 11) is 0. The molecule has 1 aromatic carbocycles. The molecular weight excluding hydrogens is 216 g/mol. The lowest BCUT2D eigenvalue weighted by Gasteiger charge is -2.26. The third-order valence-corrected chi connectivity index (χ3v) is 2.64. The average Bonchev–Trinajstić information content (AvgIpc) is 2.19. The molecule has 1 aliphatic heterocycles. The molecule has 0 fully saturated rings. The molecule has 0 bridgehead atoms. The lowest BCUT2D eigenvalue weighted by Crippen LogP contribution is -2.35. The van der Waals surface area contributed by atoms with Crippen molar-refractivity contribution in [1.29, 1.82) is 0 Å². The second-order valence-corrected chi connectivity index (χ2v) is 3.76.